The van der Waals surface area contributed by atoms with Crippen LogP contribution in [0.4, 0.5) is 0 Å². The number of oxazole rings is 1. The molecule has 0 unspecified atom stereocenters. The van der Waals surface area contributed by atoms with E-state index in [-0.39, 0.29) is 6.61 Å². The fourth-order valence-electron chi connectivity index (χ4n) is 1.86. The Morgan fingerprint density at radius 2 is 2.25 bits per heavy atom. The second kappa shape index (κ2) is 5.16. The molecule has 6 heteroatoms. The minimum atomic E-state index is -0.809. The van der Waals surface area contributed by atoms with Gasteiger partial charge >= 0.3 is 11.9 Å². The van der Waals surface area contributed by atoms with Crippen LogP contribution in [0.25, 0.3) is 17.2 Å². The van der Waals surface area contributed by atoms with E-state index in [0.29, 0.717) is 23.4 Å². The lowest BCUT2D eigenvalue weighted by molar-refractivity contribution is -0.156. The molecule has 0 radical (unpaired) electrons. The van der Waals surface area contributed by atoms with Gasteiger partial charge in [0.15, 0.2) is 5.58 Å². The highest BCUT2D eigenvalue weighted by atomic mass is 16.6. The van der Waals surface area contributed by atoms with Crippen molar-refractivity contribution in [3.8, 4) is 0 Å². The molecule has 2 heterocycles. The van der Waals surface area contributed by atoms with Gasteiger partial charge in [-0.3, -0.25) is 0 Å². The van der Waals surface area contributed by atoms with Crippen molar-refractivity contribution in [1.82, 2.24) is 4.98 Å². The minimum Gasteiger partial charge on any atom is -0.463 e. The Hall–Kier alpha value is -2.63. The van der Waals surface area contributed by atoms with Crippen LogP contribution in [0.3, 0.4) is 0 Å². The smallest absolute Gasteiger partial charge is 0.347 e. The number of cyclic esters (lactones) is 1. The topological polar surface area (TPSA) is 78.6 Å². The van der Waals surface area contributed by atoms with Gasteiger partial charge in [-0.1, -0.05) is 12.1 Å². The van der Waals surface area contributed by atoms with Gasteiger partial charge in [-0.05, 0) is 12.1 Å². The second-order valence-electron chi connectivity index (χ2n) is 4.23. The van der Waals surface area contributed by atoms with E-state index in [2.05, 4.69) is 4.98 Å². The van der Waals surface area contributed by atoms with Crippen LogP contribution in [0.2, 0.25) is 0 Å². The summed E-state index contributed by atoms with van der Waals surface area (Å²) in [6.07, 6.45) is 2.16. The van der Waals surface area contributed by atoms with Gasteiger partial charge in [0.2, 0.25) is 12.0 Å². The van der Waals surface area contributed by atoms with Gasteiger partial charge in [-0.2, -0.15) is 0 Å². The predicted octanol–water partition coefficient (Wildman–Crippen LogP) is 1.70. The number of fused-ring (bicyclic) bond motifs is 1. The van der Waals surface area contributed by atoms with E-state index < -0.39 is 18.0 Å². The predicted molar refractivity (Wildman–Crippen MR) is 68.5 cm³/mol. The summed E-state index contributed by atoms with van der Waals surface area (Å²) >= 11 is 0. The van der Waals surface area contributed by atoms with Crippen LogP contribution >= 0.6 is 0 Å². The van der Waals surface area contributed by atoms with E-state index >= 15 is 0 Å². The molecule has 1 aromatic heterocycles. The molecule has 1 aromatic carbocycles. The second-order valence-corrected chi connectivity index (χ2v) is 4.23. The molecule has 20 heavy (non-hydrogen) atoms. The van der Waals surface area contributed by atoms with Crippen LogP contribution in [-0.2, 0) is 19.1 Å². The van der Waals surface area contributed by atoms with Gasteiger partial charge in [-0.15, -0.1) is 0 Å². The first-order valence-corrected chi connectivity index (χ1v) is 6.13. The number of carbonyl (C=O) groups excluding carboxylic acids is 2. The van der Waals surface area contributed by atoms with Gasteiger partial charge in [-0.25, -0.2) is 14.6 Å². The zero-order valence-corrected chi connectivity index (χ0v) is 10.4. The fraction of sp³-hybridized carbons (Fsp3) is 0.214. The summed E-state index contributed by atoms with van der Waals surface area (Å²) < 4.78 is 15.1. The maximum atomic E-state index is 11.5. The van der Waals surface area contributed by atoms with Crippen molar-refractivity contribution in [2.45, 2.75) is 12.5 Å². The van der Waals surface area contributed by atoms with Crippen molar-refractivity contribution in [2.75, 3.05) is 6.61 Å². The zero-order chi connectivity index (χ0) is 13.9. The molecule has 0 N–H and O–H groups in total. The maximum Gasteiger partial charge on any atom is 0.347 e. The molecular weight excluding hydrogens is 262 g/mol. The van der Waals surface area contributed by atoms with E-state index in [0.717, 1.165) is 0 Å². The highest BCUT2D eigenvalue weighted by Gasteiger charge is 2.29. The van der Waals surface area contributed by atoms with Crippen molar-refractivity contribution >= 4 is 29.1 Å². The highest BCUT2D eigenvalue weighted by Crippen LogP contribution is 2.16. The summed E-state index contributed by atoms with van der Waals surface area (Å²) in [7, 11) is 0. The molecular formula is C14H11NO5. The summed E-state index contributed by atoms with van der Waals surface area (Å²) in [6.45, 7) is 0.283. The number of ether oxygens (including phenoxy) is 2. The van der Waals surface area contributed by atoms with Crippen molar-refractivity contribution in [3.63, 3.8) is 0 Å². The number of benzene rings is 1. The molecule has 0 spiro atoms. The normalized spacial score (nSPS) is 18.6. The molecule has 1 fully saturated rings. The molecule has 2 aromatic rings. The van der Waals surface area contributed by atoms with Crippen LogP contribution in [0, 0.1) is 0 Å². The van der Waals surface area contributed by atoms with E-state index in [9.17, 15) is 9.59 Å². The molecule has 1 saturated heterocycles. The standard InChI is InChI=1S/C14H11NO5/c16-13(20-11-7-8-18-14(11)17)6-5-12-15-9-3-1-2-4-10(9)19-12/h1-6,11H,7-8H2/b6-5+/t11-/m1/s1. The lowest BCUT2D eigenvalue weighted by atomic mass is 10.3. The average molecular weight is 273 g/mol. The summed E-state index contributed by atoms with van der Waals surface area (Å²) in [5, 5.41) is 0. The largest absolute Gasteiger partial charge is 0.463 e. The highest BCUT2D eigenvalue weighted by molar-refractivity contribution is 5.89. The van der Waals surface area contributed by atoms with Gasteiger partial charge in [0.1, 0.15) is 5.52 Å². The third-order valence-corrected chi connectivity index (χ3v) is 2.82. The first-order valence-electron chi connectivity index (χ1n) is 6.13. The van der Waals surface area contributed by atoms with Crippen molar-refractivity contribution in [2.24, 2.45) is 0 Å². The summed E-state index contributed by atoms with van der Waals surface area (Å²) in [5.74, 6) is -0.832. The first kappa shape index (κ1) is 12.4. The fourth-order valence-corrected chi connectivity index (χ4v) is 1.86. The Kier molecular flexibility index (Phi) is 3.20. The molecule has 102 valence electrons. The number of carbonyl (C=O) groups is 2. The molecule has 1 atom stereocenters. The molecule has 0 amide bonds. The van der Waals surface area contributed by atoms with Gasteiger partial charge in [0, 0.05) is 18.6 Å². The van der Waals surface area contributed by atoms with E-state index in [1.54, 1.807) is 6.07 Å². The lowest BCUT2D eigenvalue weighted by Crippen LogP contribution is -2.21. The summed E-state index contributed by atoms with van der Waals surface area (Å²) in [6, 6.07) is 7.27. The lowest BCUT2D eigenvalue weighted by Gasteiger charge is -2.04. The van der Waals surface area contributed by atoms with Crippen molar-refractivity contribution in [3.05, 3.63) is 36.2 Å². The molecule has 6 nitrogen and oxygen atoms in total. The number of nitrogens with zero attached hydrogens (tertiary/aromatic N) is 1. The summed E-state index contributed by atoms with van der Waals surface area (Å²) in [5.41, 5.74) is 1.35. The minimum absolute atomic E-state index is 0.283. The van der Waals surface area contributed by atoms with Crippen LogP contribution in [0.5, 0.6) is 0 Å². The number of para-hydroxylation sites is 2. The quantitative estimate of drug-likeness (QED) is 0.625. The van der Waals surface area contributed by atoms with Crippen LogP contribution in [-0.4, -0.2) is 29.6 Å². The number of rotatable bonds is 3. The third-order valence-electron chi connectivity index (χ3n) is 2.82. The molecule has 0 bridgehead atoms. The maximum absolute atomic E-state index is 11.5. The van der Waals surface area contributed by atoms with Crippen molar-refractivity contribution in [1.29, 1.82) is 0 Å². The SMILES string of the molecule is O=C(/C=C/c1nc2ccccc2o1)O[C@@H]1CCOC1=O. The number of hydrogen-bond donors (Lipinski definition) is 0. The Bertz CT molecular complexity index is 655. The monoisotopic (exact) mass is 273 g/mol. The molecule has 1 aliphatic rings. The number of esters is 2. The van der Waals surface area contributed by atoms with Gasteiger partial charge in [0.25, 0.3) is 0 Å². The first-order chi connectivity index (χ1) is 9.72. The van der Waals surface area contributed by atoms with E-state index in [4.69, 9.17) is 13.9 Å². The Labute approximate surface area is 114 Å². The van der Waals surface area contributed by atoms with Crippen LogP contribution in [0.1, 0.15) is 12.3 Å². The number of aromatic nitrogens is 1. The third kappa shape index (κ3) is 2.54. The van der Waals surface area contributed by atoms with Gasteiger partial charge < -0.3 is 13.9 Å². The van der Waals surface area contributed by atoms with E-state index in [1.165, 1.54) is 12.2 Å². The Morgan fingerprint density at radius 3 is 3.00 bits per heavy atom. The van der Waals surface area contributed by atoms with Gasteiger partial charge in [0.05, 0.1) is 6.61 Å². The van der Waals surface area contributed by atoms with Crippen LogP contribution < -0.4 is 0 Å². The average Bonchev–Trinajstić information content (AvgIpc) is 3.03. The zero-order valence-electron chi connectivity index (χ0n) is 10.4. The summed E-state index contributed by atoms with van der Waals surface area (Å²) in [4.78, 5) is 26.9. The van der Waals surface area contributed by atoms with Crippen molar-refractivity contribution < 1.29 is 23.5 Å². The Morgan fingerprint density at radius 1 is 1.40 bits per heavy atom. The Balaban J connectivity index is 1.67. The number of hydrogen-bond acceptors (Lipinski definition) is 6. The molecule has 3 rings (SSSR count). The molecule has 0 aliphatic carbocycles. The molecule has 0 saturated carbocycles. The molecule has 1 aliphatic heterocycles. The van der Waals surface area contributed by atoms with Crippen LogP contribution in [0.15, 0.2) is 34.8 Å². The van der Waals surface area contributed by atoms with E-state index in [1.807, 2.05) is 18.2 Å².